The van der Waals surface area contributed by atoms with Crippen LogP contribution in [0.1, 0.15) is 72.9 Å². The molecule has 2 aliphatic rings. The van der Waals surface area contributed by atoms with Gasteiger partial charge in [0.25, 0.3) is 0 Å². The van der Waals surface area contributed by atoms with Gasteiger partial charge in [0.1, 0.15) is 0 Å². The topological polar surface area (TPSA) is 26.7 Å². The zero-order chi connectivity index (χ0) is 24.6. The van der Waals surface area contributed by atoms with Gasteiger partial charge in [-0.3, -0.25) is 4.90 Å². The first-order valence-electron chi connectivity index (χ1n) is 12.7. The number of hydrogen-bond acceptors (Lipinski definition) is 3. The van der Waals surface area contributed by atoms with Crippen molar-refractivity contribution in [1.82, 2.24) is 9.80 Å². The van der Waals surface area contributed by atoms with E-state index >= 15 is 0 Å². The molecule has 3 nitrogen and oxygen atoms in total. The maximum Gasteiger partial charge on any atom is 0.0633 e. The number of benzene rings is 1. The number of rotatable bonds is 5. The molecule has 0 aliphatic carbocycles. The molecule has 3 rings (SSSR count). The van der Waals surface area contributed by atoms with E-state index in [1.807, 2.05) is 53.7 Å². The molecule has 3 heteroatoms. The Morgan fingerprint density at radius 2 is 1.69 bits per heavy atom. The van der Waals surface area contributed by atoms with E-state index in [0.29, 0.717) is 0 Å². The summed E-state index contributed by atoms with van der Waals surface area (Å²) in [7, 11) is 2.18. The number of aliphatic hydroxyl groups excluding tert-OH is 1. The van der Waals surface area contributed by atoms with Gasteiger partial charge in [0, 0.05) is 25.0 Å². The number of aliphatic hydroxyl groups is 1. The molecule has 0 radical (unpaired) electrons. The van der Waals surface area contributed by atoms with E-state index in [1.54, 1.807) is 0 Å². The summed E-state index contributed by atoms with van der Waals surface area (Å²) in [5.74, 6) is 0. The van der Waals surface area contributed by atoms with Crippen molar-refractivity contribution in [3.05, 3.63) is 72.4 Å². The molecule has 0 bridgehead atoms. The predicted molar refractivity (Wildman–Crippen MR) is 143 cm³/mol. The number of likely N-dealkylation sites (tertiary alicyclic amines) is 2. The Morgan fingerprint density at radius 3 is 2.25 bits per heavy atom. The molecule has 1 spiro atoms. The zero-order valence-corrected chi connectivity index (χ0v) is 22.1. The van der Waals surface area contributed by atoms with Gasteiger partial charge >= 0.3 is 0 Å². The fraction of sp³-hybridized carbons (Fsp3) is 0.586. The Labute approximate surface area is 199 Å². The Bertz CT molecular complexity index is 667. The zero-order valence-electron chi connectivity index (χ0n) is 22.1. The van der Waals surface area contributed by atoms with Crippen LogP contribution >= 0.6 is 0 Å². The molecule has 2 heterocycles. The number of allylic oxidation sites excluding steroid dienone is 3. The fourth-order valence-electron chi connectivity index (χ4n) is 4.69. The van der Waals surface area contributed by atoms with Crippen LogP contribution in [0.25, 0.3) is 0 Å². The number of nitrogens with zero attached hydrogens (tertiary/aromatic N) is 2. The lowest BCUT2D eigenvalue weighted by atomic mass is 9.76. The molecule has 32 heavy (non-hydrogen) atoms. The highest BCUT2D eigenvalue weighted by molar-refractivity contribution is 5.35. The molecule has 1 aromatic carbocycles. The minimum atomic E-state index is -0.196. The highest BCUT2D eigenvalue weighted by Crippen LogP contribution is 2.43. The van der Waals surface area contributed by atoms with Crippen LogP contribution in [0.4, 0.5) is 0 Å². The van der Waals surface area contributed by atoms with E-state index in [-0.39, 0.29) is 17.6 Å². The average Bonchev–Trinajstić information content (AvgIpc) is 3.27. The third kappa shape index (κ3) is 8.03. The van der Waals surface area contributed by atoms with E-state index in [4.69, 9.17) is 0 Å². The summed E-state index contributed by atoms with van der Waals surface area (Å²) in [6.07, 6.45) is 9.96. The normalized spacial score (nSPS) is 24.5. The third-order valence-corrected chi connectivity index (χ3v) is 6.05. The Balaban J connectivity index is 0.00000148. The van der Waals surface area contributed by atoms with Crippen molar-refractivity contribution < 1.29 is 5.11 Å². The third-order valence-electron chi connectivity index (χ3n) is 6.05. The molecule has 3 unspecified atom stereocenters. The van der Waals surface area contributed by atoms with E-state index in [0.717, 1.165) is 39.0 Å². The molecule has 1 aromatic rings. The van der Waals surface area contributed by atoms with Crippen LogP contribution in [0.5, 0.6) is 0 Å². The molecule has 1 N–H and O–H groups in total. The van der Waals surface area contributed by atoms with Crippen molar-refractivity contribution in [2.45, 2.75) is 73.5 Å². The van der Waals surface area contributed by atoms with Crippen LogP contribution in [-0.2, 0) is 0 Å². The van der Waals surface area contributed by atoms with Gasteiger partial charge in [0.2, 0.25) is 0 Å². The lowest BCUT2D eigenvalue weighted by Gasteiger charge is -2.43. The van der Waals surface area contributed by atoms with Crippen LogP contribution in [-0.4, -0.2) is 54.2 Å². The second kappa shape index (κ2) is 16.9. The van der Waals surface area contributed by atoms with Crippen molar-refractivity contribution >= 4 is 0 Å². The summed E-state index contributed by atoms with van der Waals surface area (Å²) in [6, 6.07) is 10.9. The molecule has 0 aromatic heterocycles. The Hall–Kier alpha value is -1.68. The molecule has 2 aliphatic heterocycles. The van der Waals surface area contributed by atoms with Gasteiger partial charge in [-0.2, -0.15) is 0 Å². The standard InChI is InChI=1S/C23H32N2O.3C2H6/c1-4-6-10-19(5-2)22(20-11-8-7-9-12-20)25-16-14-23(18-25)17-24(3)15-13-21(23)26;3*1-2/h4-12,21-22,26H,1,13-18H2,2-3H3;3*1-2H3/b10-6-,19-5+;;;. The summed E-state index contributed by atoms with van der Waals surface area (Å²) >= 11 is 0. The Kier molecular flexibility index (Phi) is 16.0. The first kappa shape index (κ1) is 30.3. The lowest BCUT2D eigenvalue weighted by molar-refractivity contribution is -0.0339. The van der Waals surface area contributed by atoms with Crippen LogP contribution in [0.15, 0.2) is 66.8 Å². The number of hydrogen-bond donors (Lipinski definition) is 1. The monoisotopic (exact) mass is 442 g/mol. The average molecular weight is 443 g/mol. The van der Waals surface area contributed by atoms with Crippen molar-refractivity contribution in [3.63, 3.8) is 0 Å². The van der Waals surface area contributed by atoms with Crippen LogP contribution in [0.2, 0.25) is 0 Å². The van der Waals surface area contributed by atoms with Crippen molar-refractivity contribution in [1.29, 1.82) is 0 Å². The first-order valence-corrected chi connectivity index (χ1v) is 12.7. The van der Waals surface area contributed by atoms with E-state index in [1.165, 1.54) is 11.1 Å². The van der Waals surface area contributed by atoms with Gasteiger partial charge in [-0.25, -0.2) is 0 Å². The minimum absolute atomic E-state index is 0.00102. The van der Waals surface area contributed by atoms with Crippen molar-refractivity contribution in [2.75, 3.05) is 33.2 Å². The highest BCUT2D eigenvalue weighted by Gasteiger charge is 2.48. The van der Waals surface area contributed by atoms with Gasteiger partial charge < -0.3 is 10.0 Å². The van der Waals surface area contributed by atoms with E-state index in [2.05, 4.69) is 72.8 Å². The minimum Gasteiger partial charge on any atom is -0.392 e. The summed E-state index contributed by atoms with van der Waals surface area (Å²) in [5, 5.41) is 10.8. The summed E-state index contributed by atoms with van der Waals surface area (Å²) in [4.78, 5) is 4.93. The molecule has 0 saturated carbocycles. The highest BCUT2D eigenvalue weighted by atomic mass is 16.3. The quantitative estimate of drug-likeness (QED) is 0.503. The summed E-state index contributed by atoms with van der Waals surface area (Å²) < 4.78 is 0. The SMILES string of the molecule is C=C/C=C\C(=C/C)C(c1ccccc1)N1CCC2(CN(C)CCC2O)C1.CC.CC.CC. The largest absolute Gasteiger partial charge is 0.392 e. The lowest BCUT2D eigenvalue weighted by Crippen LogP contribution is -2.52. The molecule has 0 amide bonds. The van der Waals surface area contributed by atoms with E-state index in [9.17, 15) is 5.11 Å². The van der Waals surface area contributed by atoms with Crippen LogP contribution < -0.4 is 0 Å². The van der Waals surface area contributed by atoms with Crippen LogP contribution in [0.3, 0.4) is 0 Å². The molecular formula is C29H50N2O. The molecule has 182 valence electrons. The molecular weight excluding hydrogens is 392 g/mol. The van der Waals surface area contributed by atoms with Crippen molar-refractivity contribution in [3.8, 4) is 0 Å². The van der Waals surface area contributed by atoms with Gasteiger partial charge in [0.15, 0.2) is 0 Å². The molecule has 2 saturated heterocycles. The summed E-state index contributed by atoms with van der Waals surface area (Å²) in [6.45, 7) is 21.9. The van der Waals surface area contributed by atoms with Gasteiger partial charge in [0.05, 0.1) is 12.1 Å². The smallest absolute Gasteiger partial charge is 0.0633 e. The van der Waals surface area contributed by atoms with E-state index < -0.39 is 0 Å². The van der Waals surface area contributed by atoms with Gasteiger partial charge in [-0.15, -0.1) is 0 Å². The van der Waals surface area contributed by atoms with Gasteiger partial charge in [-0.1, -0.05) is 103 Å². The molecule has 2 fully saturated rings. The Morgan fingerprint density at radius 1 is 1.06 bits per heavy atom. The second-order valence-corrected chi connectivity index (χ2v) is 7.82. The maximum atomic E-state index is 10.8. The van der Waals surface area contributed by atoms with Crippen molar-refractivity contribution in [2.24, 2.45) is 5.41 Å². The van der Waals surface area contributed by atoms with Gasteiger partial charge in [-0.05, 0) is 44.5 Å². The fourth-order valence-corrected chi connectivity index (χ4v) is 4.69. The summed E-state index contributed by atoms with van der Waals surface area (Å²) in [5.41, 5.74) is 2.60. The predicted octanol–water partition coefficient (Wildman–Crippen LogP) is 6.88. The molecule has 3 atom stereocenters. The van der Waals surface area contributed by atoms with Crippen LogP contribution in [0, 0.1) is 5.41 Å². The maximum absolute atomic E-state index is 10.8. The number of piperidine rings is 1. The second-order valence-electron chi connectivity index (χ2n) is 7.82. The first-order chi connectivity index (χ1) is 15.6.